The van der Waals surface area contributed by atoms with Gasteiger partial charge in [0.2, 0.25) is 0 Å². The molecule has 2 aromatic rings. The van der Waals surface area contributed by atoms with Crippen LogP contribution in [-0.2, 0) is 6.42 Å². The first kappa shape index (κ1) is 21.1. The Labute approximate surface area is 166 Å². The fourth-order valence-corrected chi connectivity index (χ4v) is 2.14. The molecule has 0 saturated heterocycles. The number of aliphatic imine (C=N–C) groups is 1. The first-order valence-corrected chi connectivity index (χ1v) is 8.14. The van der Waals surface area contributed by atoms with E-state index in [9.17, 15) is 0 Å². The molecule has 0 amide bonds. The lowest BCUT2D eigenvalue weighted by atomic mass is 10.1. The van der Waals surface area contributed by atoms with Crippen molar-refractivity contribution in [2.24, 2.45) is 10.7 Å². The van der Waals surface area contributed by atoms with Gasteiger partial charge in [-0.2, -0.15) is 0 Å². The standard InChI is InChI=1S/C19H25N3O2.HI/c1-3-15-5-7-16(8-6-15)22-19(20)21-13-4-14-24-18-11-9-17(23-2)10-12-18;/h5-12H,3-4,13-14H2,1-2H3,(H3,20,21,22);1H. The van der Waals surface area contributed by atoms with Crippen molar-refractivity contribution in [3.8, 4) is 11.5 Å². The number of halogens is 1. The number of benzene rings is 2. The molecular formula is C19H26IN3O2. The molecule has 0 aliphatic rings. The lowest BCUT2D eigenvalue weighted by Crippen LogP contribution is -2.23. The van der Waals surface area contributed by atoms with E-state index >= 15 is 0 Å². The molecule has 0 aliphatic carbocycles. The largest absolute Gasteiger partial charge is 0.497 e. The van der Waals surface area contributed by atoms with Gasteiger partial charge in [0.25, 0.3) is 0 Å². The highest BCUT2D eigenvalue weighted by Crippen LogP contribution is 2.17. The first-order chi connectivity index (χ1) is 11.7. The van der Waals surface area contributed by atoms with E-state index in [2.05, 4.69) is 29.4 Å². The highest BCUT2D eigenvalue weighted by molar-refractivity contribution is 14.0. The monoisotopic (exact) mass is 455 g/mol. The maximum absolute atomic E-state index is 5.89. The highest BCUT2D eigenvalue weighted by atomic mass is 127. The van der Waals surface area contributed by atoms with Crippen molar-refractivity contribution in [1.82, 2.24) is 0 Å². The van der Waals surface area contributed by atoms with E-state index in [1.54, 1.807) is 7.11 Å². The molecule has 0 aromatic heterocycles. The summed E-state index contributed by atoms with van der Waals surface area (Å²) in [5, 5.41) is 3.09. The van der Waals surface area contributed by atoms with Crippen LogP contribution in [0.1, 0.15) is 18.9 Å². The lowest BCUT2D eigenvalue weighted by molar-refractivity contribution is 0.313. The molecule has 5 nitrogen and oxygen atoms in total. The molecule has 0 spiro atoms. The van der Waals surface area contributed by atoms with Gasteiger partial charge in [0.1, 0.15) is 11.5 Å². The molecule has 2 aromatic carbocycles. The number of guanidine groups is 1. The maximum Gasteiger partial charge on any atom is 0.193 e. The Morgan fingerprint density at radius 2 is 1.68 bits per heavy atom. The number of nitrogens with zero attached hydrogens (tertiary/aromatic N) is 1. The Kier molecular flexibility index (Phi) is 9.76. The lowest BCUT2D eigenvalue weighted by Gasteiger charge is -2.07. The van der Waals surface area contributed by atoms with Gasteiger partial charge in [-0.15, -0.1) is 24.0 Å². The topological polar surface area (TPSA) is 68.9 Å². The van der Waals surface area contributed by atoms with Crippen LogP contribution in [0.3, 0.4) is 0 Å². The third-order valence-corrected chi connectivity index (χ3v) is 3.55. The molecule has 0 heterocycles. The van der Waals surface area contributed by atoms with E-state index in [-0.39, 0.29) is 24.0 Å². The minimum absolute atomic E-state index is 0. The van der Waals surface area contributed by atoms with Gasteiger partial charge in [-0.25, -0.2) is 0 Å². The Morgan fingerprint density at radius 1 is 1.04 bits per heavy atom. The number of hydrogen-bond acceptors (Lipinski definition) is 3. The summed E-state index contributed by atoms with van der Waals surface area (Å²) >= 11 is 0. The predicted octanol–water partition coefficient (Wildman–Crippen LogP) is 4.07. The molecule has 0 unspecified atom stereocenters. The predicted molar refractivity (Wildman–Crippen MR) is 114 cm³/mol. The minimum atomic E-state index is 0. The molecule has 2 rings (SSSR count). The Balaban J connectivity index is 0.00000312. The number of rotatable bonds is 8. The number of hydrogen-bond donors (Lipinski definition) is 2. The highest BCUT2D eigenvalue weighted by Gasteiger charge is 1.97. The molecule has 6 heteroatoms. The van der Waals surface area contributed by atoms with Crippen LogP contribution in [0.15, 0.2) is 53.5 Å². The fraction of sp³-hybridized carbons (Fsp3) is 0.316. The van der Waals surface area contributed by atoms with Crippen molar-refractivity contribution in [2.75, 3.05) is 25.6 Å². The van der Waals surface area contributed by atoms with Crippen molar-refractivity contribution >= 4 is 35.6 Å². The van der Waals surface area contributed by atoms with Crippen molar-refractivity contribution in [2.45, 2.75) is 19.8 Å². The van der Waals surface area contributed by atoms with Crippen LogP contribution in [0.4, 0.5) is 5.69 Å². The molecule has 0 aliphatic heterocycles. The number of methoxy groups -OCH3 is 1. The Morgan fingerprint density at radius 3 is 2.28 bits per heavy atom. The van der Waals surface area contributed by atoms with Crippen molar-refractivity contribution in [3.63, 3.8) is 0 Å². The summed E-state index contributed by atoms with van der Waals surface area (Å²) in [4.78, 5) is 4.30. The van der Waals surface area contributed by atoms with E-state index in [0.29, 0.717) is 19.1 Å². The maximum atomic E-state index is 5.89. The number of ether oxygens (including phenoxy) is 2. The van der Waals surface area contributed by atoms with Crippen molar-refractivity contribution < 1.29 is 9.47 Å². The van der Waals surface area contributed by atoms with Crippen LogP contribution in [0.5, 0.6) is 11.5 Å². The molecule has 3 N–H and O–H groups in total. The fourth-order valence-electron chi connectivity index (χ4n) is 2.14. The zero-order chi connectivity index (χ0) is 17.2. The third-order valence-electron chi connectivity index (χ3n) is 3.55. The van der Waals surface area contributed by atoms with Gasteiger partial charge in [0.15, 0.2) is 5.96 Å². The van der Waals surface area contributed by atoms with Crippen LogP contribution < -0.4 is 20.5 Å². The Hall–Kier alpha value is -1.96. The van der Waals surface area contributed by atoms with Gasteiger partial charge in [0, 0.05) is 18.7 Å². The average Bonchev–Trinajstić information content (AvgIpc) is 2.62. The van der Waals surface area contributed by atoms with Gasteiger partial charge in [0.05, 0.1) is 13.7 Å². The summed E-state index contributed by atoms with van der Waals surface area (Å²) < 4.78 is 10.8. The average molecular weight is 455 g/mol. The number of nitrogens with two attached hydrogens (primary N) is 1. The SMILES string of the molecule is CCc1ccc(NC(N)=NCCCOc2ccc(OC)cc2)cc1.I. The molecule has 25 heavy (non-hydrogen) atoms. The van der Waals surface area contributed by atoms with Gasteiger partial charge in [-0.1, -0.05) is 19.1 Å². The van der Waals surface area contributed by atoms with E-state index in [1.807, 2.05) is 36.4 Å². The van der Waals surface area contributed by atoms with Gasteiger partial charge < -0.3 is 20.5 Å². The molecule has 0 atom stereocenters. The van der Waals surface area contributed by atoms with Crippen LogP contribution in [0, 0.1) is 0 Å². The summed E-state index contributed by atoms with van der Waals surface area (Å²) in [6.45, 7) is 3.34. The van der Waals surface area contributed by atoms with Crippen LogP contribution in [0.25, 0.3) is 0 Å². The summed E-state index contributed by atoms with van der Waals surface area (Å²) in [6, 6.07) is 15.7. The van der Waals surface area contributed by atoms with Gasteiger partial charge in [-0.3, -0.25) is 4.99 Å². The van der Waals surface area contributed by atoms with Gasteiger partial charge >= 0.3 is 0 Å². The van der Waals surface area contributed by atoms with Crippen molar-refractivity contribution in [3.05, 3.63) is 54.1 Å². The second-order valence-corrected chi connectivity index (χ2v) is 5.32. The zero-order valence-corrected chi connectivity index (χ0v) is 17.0. The minimum Gasteiger partial charge on any atom is -0.497 e. The summed E-state index contributed by atoms with van der Waals surface area (Å²) in [7, 11) is 1.64. The number of nitrogens with one attached hydrogen (secondary N) is 1. The van der Waals surface area contributed by atoms with Crippen LogP contribution in [0.2, 0.25) is 0 Å². The smallest absolute Gasteiger partial charge is 0.193 e. The number of aryl methyl sites for hydroxylation is 1. The van der Waals surface area contributed by atoms with Crippen LogP contribution >= 0.6 is 24.0 Å². The molecular weight excluding hydrogens is 429 g/mol. The molecule has 0 bridgehead atoms. The second kappa shape index (κ2) is 11.6. The van der Waals surface area contributed by atoms with Gasteiger partial charge in [-0.05, 0) is 48.4 Å². The van der Waals surface area contributed by atoms with E-state index in [1.165, 1.54) is 5.56 Å². The zero-order valence-electron chi connectivity index (χ0n) is 14.7. The molecule has 0 fully saturated rings. The summed E-state index contributed by atoms with van der Waals surface area (Å²) in [6.07, 6.45) is 1.82. The first-order valence-electron chi connectivity index (χ1n) is 8.14. The summed E-state index contributed by atoms with van der Waals surface area (Å²) in [5.74, 6) is 2.06. The quantitative estimate of drug-likeness (QED) is 0.273. The van der Waals surface area contributed by atoms with Crippen LogP contribution in [-0.4, -0.2) is 26.2 Å². The third kappa shape index (κ3) is 7.64. The normalized spacial score (nSPS) is 10.7. The second-order valence-electron chi connectivity index (χ2n) is 5.32. The van der Waals surface area contributed by atoms with E-state index in [0.717, 1.165) is 30.0 Å². The number of anilines is 1. The van der Waals surface area contributed by atoms with E-state index in [4.69, 9.17) is 15.2 Å². The van der Waals surface area contributed by atoms with Crippen molar-refractivity contribution in [1.29, 1.82) is 0 Å². The molecule has 0 saturated carbocycles. The van der Waals surface area contributed by atoms with E-state index < -0.39 is 0 Å². The molecule has 136 valence electrons. The molecule has 0 radical (unpaired) electrons. The summed E-state index contributed by atoms with van der Waals surface area (Å²) in [5.41, 5.74) is 8.13. The Bertz CT molecular complexity index is 643.